The molecule has 7 nitrogen and oxygen atoms in total. The molecule has 22 heavy (non-hydrogen) atoms. The summed E-state index contributed by atoms with van der Waals surface area (Å²) in [6.07, 6.45) is 0. The highest BCUT2D eigenvalue weighted by Crippen LogP contribution is 2.16. The molecule has 2 heterocycles. The van der Waals surface area contributed by atoms with Gasteiger partial charge in [0.25, 0.3) is 10.2 Å². The lowest BCUT2D eigenvalue weighted by atomic mass is 10.3. The van der Waals surface area contributed by atoms with Crippen LogP contribution in [0, 0.1) is 6.92 Å². The molecular formula is C13H20N2O5S2. The molecule has 0 aromatic carbocycles. The molecule has 9 heteroatoms. The van der Waals surface area contributed by atoms with Gasteiger partial charge in [0.05, 0.1) is 13.2 Å². The summed E-state index contributed by atoms with van der Waals surface area (Å²) in [5.74, 6) is -0.412. The summed E-state index contributed by atoms with van der Waals surface area (Å²) in [7, 11) is -2.04. The van der Waals surface area contributed by atoms with Crippen molar-refractivity contribution in [1.29, 1.82) is 0 Å². The number of carbonyl (C=O) groups is 1. The largest absolute Gasteiger partial charge is 0.460 e. The van der Waals surface area contributed by atoms with Crippen molar-refractivity contribution in [1.82, 2.24) is 8.61 Å². The normalized spacial score (nSPS) is 16.9. The van der Waals surface area contributed by atoms with Gasteiger partial charge in [-0.2, -0.15) is 17.0 Å². The average Bonchev–Trinajstić information content (AvgIpc) is 2.94. The molecule has 0 saturated carbocycles. The second kappa shape index (κ2) is 7.51. The number of hydrogen-bond donors (Lipinski definition) is 0. The maximum Gasteiger partial charge on any atom is 0.348 e. The summed E-state index contributed by atoms with van der Waals surface area (Å²) in [6.45, 7) is 3.48. The summed E-state index contributed by atoms with van der Waals surface area (Å²) in [6, 6.07) is 1.84. The fourth-order valence-corrected chi connectivity index (χ4v) is 4.13. The van der Waals surface area contributed by atoms with E-state index in [1.165, 1.54) is 27.0 Å². The van der Waals surface area contributed by atoms with E-state index in [2.05, 4.69) is 0 Å². The molecule has 0 aliphatic carbocycles. The Morgan fingerprint density at radius 3 is 2.73 bits per heavy atom. The van der Waals surface area contributed by atoms with E-state index in [9.17, 15) is 13.2 Å². The van der Waals surface area contributed by atoms with Crippen molar-refractivity contribution < 1.29 is 22.7 Å². The first-order chi connectivity index (χ1) is 10.4. The van der Waals surface area contributed by atoms with Gasteiger partial charge in [-0.3, -0.25) is 0 Å². The monoisotopic (exact) mass is 348 g/mol. The van der Waals surface area contributed by atoms with Crippen LogP contribution < -0.4 is 0 Å². The van der Waals surface area contributed by atoms with Crippen LogP contribution in [0.4, 0.5) is 0 Å². The second-order valence-electron chi connectivity index (χ2n) is 4.91. The summed E-state index contributed by atoms with van der Waals surface area (Å²) >= 11 is 1.32. The molecule has 1 fully saturated rings. The van der Waals surface area contributed by atoms with Crippen molar-refractivity contribution in [2.24, 2.45) is 0 Å². The molecule has 1 aliphatic heterocycles. The van der Waals surface area contributed by atoms with Gasteiger partial charge in [0.15, 0.2) is 0 Å². The average molecular weight is 348 g/mol. The maximum atomic E-state index is 12.3. The number of esters is 1. The lowest BCUT2D eigenvalue weighted by Gasteiger charge is -2.30. The van der Waals surface area contributed by atoms with Crippen LogP contribution in [0.3, 0.4) is 0 Å². The molecule has 0 N–H and O–H groups in total. The number of likely N-dealkylation sites (N-methyl/N-ethyl adjacent to an activating group) is 1. The van der Waals surface area contributed by atoms with Crippen LogP contribution in [0.2, 0.25) is 0 Å². The van der Waals surface area contributed by atoms with E-state index < -0.39 is 16.2 Å². The van der Waals surface area contributed by atoms with Gasteiger partial charge in [0.2, 0.25) is 0 Å². The van der Waals surface area contributed by atoms with Crippen molar-refractivity contribution in [2.45, 2.75) is 6.92 Å². The molecule has 0 amide bonds. The Kier molecular flexibility index (Phi) is 5.93. The predicted octanol–water partition coefficient (Wildman–Crippen LogP) is 0.722. The third-order valence-corrected chi connectivity index (χ3v) is 6.36. The van der Waals surface area contributed by atoms with Crippen LogP contribution in [0.5, 0.6) is 0 Å². The minimum absolute atomic E-state index is 0.0241. The topological polar surface area (TPSA) is 76.2 Å². The Labute approximate surface area is 134 Å². The number of ether oxygens (including phenoxy) is 2. The van der Waals surface area contributed by atoms with E-state index in [1.54, 1.807) is 0 Å². The smallest absolute Gasteiger partial charge is 0.348 e. The molecule has 0 spiro atoms. The number of hydrogen-bond acceptors (Lipinski definition) is 6. The minimum Gasteiger partial charge on any atom is -0.460 e. The van der Waals surface area contributed by atoms with Gasteiger partial charge in [-0.05, 0) is 23.9 Å². The molecule has 1 aromatic rings. The first kappa shape index (κ1) is 17.4. The van der Waals surface area contributed by atoms with Crippen molar-refractivity contribution in [2.75, 3.05) is 46.5 Å². The zero-order valence-corrected chi connectivity index (χ0v) is 14.3. The first-order valence-corrected chi connectivity index (χ1v) is 9.21. The number of rotatable bonds is 6. The quantitative estimate of drug-likeness (QED) is 0.708. The number of aryl methyl sites for hydroxylation is 1. The van der Waals surface area contributed by atoms with Crippen molar-refractivity contribution >= 4 is 27.5 Å². The zero-order valence-electron chi connectivity index (χ0n) is 12.6. The van der Waals surface area contributed by atoms with E-state index in [1.807, 2.05) is 18.4 Å². The Bertz CT molecular complexity index is 608. The Morgan fingerprint density at radius 1 is 1.45 bits per heavy atom. The van der Waals surface area contributed by atoms with Gasteiger partial charge in [0, 0.05) is 26.7 Å². The summed E-state index contributed by atoms with van der Waals surface area (Å²) in [5.41, 5.74) is 0.865. The highest BCUT2D eigenvalue weighted by atomic mass is 32.2. The molecule has 0 radical (unpaired) electrons. The van der Waals surface area contributed by atoms with E-state index in [0.29, 0.717) is 31.2 Å². The summed E-state index contributed by atoms with van der Waals surface area (Å²) in [5, 5.41) is 1.82. The van der Waals surface area contributed by atoms with E-state index in [0.717, 1.165) is 5.56 Å². The van der Waals surface area contributed by atoms with Gasteiger partial charge >= 0.3 is 5.97 Å². The molecule has 0 bridgehead atoms. The van der Waals surface area contributed by atoms with Crippen molar-refractivity contribution in [3.63, 3.8) is 0 Å². The molecule has 1 aliphatic rings. The summed E-state index contributed by atoms with van der Waals surface area (Å²) < 4.78 is 37.5. The fraction of sp³-hybridized carbons (Fsp3) is 0.615. The second-order valence-corrected chi connectivity index (χ2v) is 7.86. The van der Waals surface area contributed by atoms with Crippen molar-refractivity contribution in [3.05, 3.63) is 21.9 Å². The predicted molar refractivity (Wildman–Crippen MR) is 83.3 cm³/mol. The van der Waals surface area contributed by atoms with Crippen LogP contribution in [-0.4, -0.2) is 69.5 Å². The lowest BCUT2D eigenvalue weighted by Crippen LogP contribution is -2.48. The molecule has 2 rings (SSSR count). The van der Waals surface area contributed by atoms with Gasteiger partial charge in [-0.1, -0.05) is 0 Å². The molecule has 0 unspecified atom stereocenters. The van der Waals surface area contributed by atoms with Crippen LogP contribution in [0.25, 0.3) is 0 Å². The highest BCUT2D eigenvalue weighted by Gasteiger charge is 2.28. The molecule has 1 saturated heterocycles. The third-order valence-electron chi connectivity index (χ3n) is 3.38. The van der Waals surface area contributed by atoms with Gasteiger partial charge in [-0.15, -0.1) is 11.3 Å². The maximum absolute atomic E-state index is 12.3. The lowest BCUT2D eigenvalue weighted by molar-refractivity contribution is 0.0491. The van der Waals surface area contributed by atoms with E-state index in [4.69, 9.17) is 9.47 Å². The van der Waals surface area contributed by atoms with Gasteiger partial charge in [0.1, 0.15) is 11.5 Å². The SMILES string of the molecule is Cc1ccsc1C(=O)OCCN(C)S(=O)(=O)N1CCOCC1. The standard InChI is InChI=1S/C13H20N2O5S2/c1-11-3-10-21-12(11)13(16)20-9-4-14(2)22(17,18)15-5-7-19-8-6-15/h3,10H,4-9H2,1-2H3. The molecule has 1 aromatic heterocycles. The number of carbonyl (C=O) groups excluding carboxylic acids is 1. The highest BCUT2D eigenvalue weighted by molar-refractivity contribution is 7.86. The molecule has 124 valence electrons. The van der Waals surface area contributed by atoms with E-state index >= 15 is 0 Å². The number of morpholine rings is 1. The molecular weight excluding hydrogens is 328 g/mol. The van der Waals surface area contributed by atoms with Crippen LogP contribution in [0.15, 0.2) is 11.4 Å². The minimum atomic E-state index is -3.52. The van der Waals surface area contributed by atoms with Crippen molar-refractivity contribution in [3.8, 4) is 0 Å². The zero-order chi connectivity index (χ0) is 16.2. The number of nitrogens with zero attached hydrogens (tertiary/aromatic N) is 2. The van der Waals surface area contributed by atoms with Crippen LogP contribution in [0.1, 0.15) is 15.2 Å². The number of thiophene rings is 1. The van der Waals surface area contributed by atoms with Crippen LogP contribution >= 0.6 is 11.3 Å². The molecule has 0 atom stereocenters. The van der Waals surface area contributed by atoms with Crippen LogP contribution in [-0.2, 0) is 19.7 Å². The Hall–Kier alpha value is -1.00. The van der Waals surface area contributed by atoms with E-state index in [-0.39, 0.29) is 13.2 Å². The Morgan fingerprint density at radius 2 is 2.14 bits per heavy atom. The van der Waals surface area contributed by atoms with Gasteiger partial charge < -0.3 is 9.47 Å². The Balaban J connectivity index is 1.83. The first-order valence-electron chi connectivity index (χ1n) is 6.93. The summed E-state index contributed by atoms with van der Waals surface area (Å²) in [4.78, 5) is 12.4. The third kappa shape index (κ3) is 4.05. The van der Waals surface area contributed by atoms with Gasteiger partial charge in [-0.25, -0.2) is 4.79 Å². The fourth-order valence-electron chi connectivity index (χ4n) is 2.00.